The van der Waals surface area contributed by atoms with Crippen molar-refractivity contribution in [1.29, 1.82) is 0 Å². The highest BCUT2D eigenvalue weighted by molar-refractivity contribution is 6.04. The van der Waals surface area contributed by atoms with E-state index in [-0.39, 0.29) is 41.6 Å². The first kappa shape index (κ1) is 39.9. The van der Waals surface area contributed by atoms with Gasteiger partial charge in [-0.25, -0.2) is 9.99 Å². The number of anilines is 5. The van der Waals surface area contributed by atoms with Gasteiger partial charge in [-0.3, -0.25) is 34.8 Å². The summed E-state index contributed by atoms with van der Waals surface area (Å²) in [6.07, 6.45) is 6.49. The van der Waals surface area contributed by atoms with Crippen LogP contribution < -0.4 is 35.5 Å². The molecule has 57 heavy (non-hydrogen) atoms. The van der Waals surface area contributed by atoms with Crippen LogP contribution in [0.3, 0.4) is 0 Å². The third-order valence-electron chi connectivity index (χ3n) is 12.0. The van der Waals surface area contributed by atoms with E-state index < -0.39 is 0 Å². The summed E-state index contributed by atoms with van der Waals surface area (Å²) in [6, 6.07) is 13.3. The van der Waals surface area contributed by atoms with Gasteiger partial charge < -0.3 is 24.8 Å². The highest BCUT2D eigenvalue weighted by atomic mass is 16.5. The number of piperidine rings is 2. The lowest BCUT2D eigenvalue weighted by Crippen LogP contribution is -2.54. The SMILES string of the molecule is CC[C@@H]1C(=O)N(C)c2cnc(Nc3ccc(C(=O)NN4CCC(CCN5CCN(c6ccc(C7CCC(=O)NC7=O)cc6)CC5)CC4)cc3OC)nc2N1C(C)C. The van der Waals surface area contributed by atoms with Crippen LogP contribution in [0.2, 0.25) is 0 Å². The van der Waals surface area contributed by atoms with E-state index in [4.69, 9.17) is 9.72 Å². The van der Waals surface area contributed by atoms with Crippen molar-refractivity contribution in [1.82, 2.24) is 30.6 Å². The zero-order chi connectivity index (χ0) is 40.2. The first-order valence-electron chi connectivity index (χ1n) is 20.4. The van der Waals surface area contributed by atoms with Crippen LogP contribution in [0.5, 0.6) is 5.75 Å². The van der Waals surface area contributed by atoms with Gasteiger partial charge in [0.25, 0.3) is 5.91 Å². The fraction of sp³-hybridized carbons (Fsp3) is 0.524. The van der Waals surface area contributed by atoms with E-state index in [0.717, 1.165) is 70.6 Å². The molecule has 3 fully saturated rings. The normalized spacial score (nSPS) is 21.1. The molecular formula is C42H56N10O5. The van der Waals surface area contributed by atoms with E-state index in [9.17, 15) is 19.2 Å². The summed E-state index contributed by atoms with van der Waals surface area (Å²) in [4.78, 5) is 68.1. The van der Waals surface area contributed by atoms with Gasteiger partial charge in [-0.15, -0.1) is 0 Å². The van der Waals surface area contributed by atoms with Gasteiger partial charge in [-0.1, -0.05) is 19.1 Å². The monoisotopic (exact) mass is 780 g/mol. The Labute approximate surface area is 335 Å². The van der Waals surface area contributed by atoms with E-state index in [1.165, 1.54) is 5.69 Å². The Morgan fingerprint density at radius 2 is 1.72 bits per heavy atom. The summed E-state index contributed by atoms with van der Waals surface area (Å²) < 4.78 is 5.68. The molecule has 0 bridgehead atoms. The molecule has 304 valence electrons. The quantitative estimate of drug-likeness (QED) is 0.225. The molecule has 0 radical (unpaired) electrons. The van der Waals surface area contributed by atoms with Crippen molar-refractivity contribution >= 4 is 52.5 Å². The van der Waals surface area contributed by atoms with Crippen LogP contribution in [0.15, 0.2) is 48.7 Å². The highest BCUT2D eigenvalue weighted by Crippen LogP contribution is 2.37. The van der Waals surface area contributed by atoms with Crippen molar-refractivity contribution in [3.63, 3.8) is 0 Å². The number of carbonyl (C=O) groups is 4. The van der Waals surface area contributed by atoms with E-state index in [2.05, 4.69) is 61.7 Å². The smallest absolute Gasteiger partial charge is 0.265 e. The topological polar surface area (TPSA) is 156 Å². The van der Waals surface area contributed by atoms with Crippen LogP contribution in [0.4, 0.5) is 28.8 Å². The van der Waals surface area contributed by atoms with Crippen LogP contribution in [-0.2, 0) is 14.4 Å². The van der Waals surface area contributed by atoms with E-state index in [1.54, 1.807) is 43.5 Å². The van der Waals surface area contributed by atoms with Gasteiger partial charge in [0, 0.05) is 70.0 Å². The molecule has 5 heterocycles. The van der Waals surface area contributed by atoms with Crippen LogP contribution in [-0.4, -0.2) is 116 Å². The second-order valence-corrected chi connectivity index (χ2v) is 15.8. The molecular weight excluding hydrogens is 725 g/mol. The van der Waals surface area contributed by atoms with Crippen molar-refractivity contribution < 1.29 is 23.9 Å². The Morgan fingerprint density at radius 1 is 0.982 bits per heavy atom. The number of ether oxygens (including phenoxy) is 1. The number of fused-ring (bicyclic) bond motifs is 1. The Balaban J connectivity index is 0.855. The van der Waals surface area contributed by atoms with Gasteiger partial charge in [0.1, 0.15) is 17.5 Å². The number of hydrogen-bond donors (Lipinski definition) is 3. The molecule has 3 aromatic rings. The third kappa shape index (κ3) is 8.84. The second-order valence-electron chi connectivity index (χ2n) is 15.8. The number of amides is 4. The highest BCUT2D eigenvalue weighted by Gasteiger charge is 2.38. The predicted octanol–water partition coefficient (Wildman–Crippen LogP) is 4.29. The Kier molecular flexibility index (Phi) is 12.2. The first-order valence-corrected chi connectivity index (χ1v) is 20.4. The van der Waals surface area contributed by atoms with Crippen molar-refractivity contribution in [2.24, 2.45) is 5.92 Å². The van der Waals surface area contributed by atoms with Crippen molar-refractivity contribution in [2.45, 2.75) is 77.3 Å². The predicted molar refractivity (Wildman–Crippen MR) is 220 cm³/mol. The molecule has 3 saturated heterocycles. The second kappa shape index (κ2) is 17.5. The molecule has 2 aromatic carbocycles. The summed E-state index contributed by atoms with van der Waals surface area (Å²) in [7, 11) is 3.33. The van der Waals surface area contributed by atoms with Crippen LogP contribution in [0.1, 0.15) is 81.1 Å². The number of likely N-dealkylation sites (N-methyl/N-ethyl adjacent to an activating group) is 1. The number of hydrogen-bond acceptors (Lipinski definition) is 12. The molecule has 1 unspecified atom stereocenters. The molecule has 2 atom stereocenters. The maximum absolute atomic E-state index is 13.4. The zero-order valence-corrected chi connectivity index (χ0v) is 33.8. The molecule has 0 aliphatic carbocycles. The lowest BCUT2D eigenvalue weighted by Gasteiger charge is -2.42. The molecule has 15 heteroatoms. The number of methoxy groups -OCH3 is 1. The number of imide groups is 1. The number of piperazine rings is 1. The molecule has 3 N–H and O–H groups in total. The van der Waals surface area contributed by atoms with Crippen molar-refractivity contribution in [3.05, 3.63) is 59.8 Å². The fourth-order valence-electron chi connectivity index (χ4n) is 8.56. The average Bonchev–Trinajstić information content (AvgIpc) is 3.22. The number of nitrogens with one attached hydrogen (secondary N) is 3. The van der Waals surface area contributed by atoms with Crippen LogP contribution in [0.25, 0.3) is 0 Å². The summed E-state index contributed by atoms with van der Waals surface area (Å²) in [5.41, 5.74) is 7.02. The Bertz CT molecular complexity index is 1940. The van der Waals surface area contributed by atoms with Gasteiger partial charge in [-0.05, 0) is 94.3 Å². The fourth-order valence-corrected chi connectivity index (χ4v) is 8.56. The van der Waals surface area contributed by atoms with Gasteiger partial charge in [0.2, 0.25) is 23.7 Å². The minimum absolute atomic E-state index is 0.0281. The van der Waals surface area contributed by atoms with Gasteiger partial charge in [0.15, 0.2) is 5.82 Å². The van der Waals surface area contributed by atoms with Crippen LogP contribution in [0, 0.1) is 5.92 Å². The largest absolute Gasteiger partial charge is 0.495 e. The summed E-state index contributed by atoms with van der Waals surface area (Å²) >= 11 is 0. The molecule has 0 spiro atoms. The maximum Gasteiger partial charge on any atom is 0.265 e. The molecule has 0 saturated carbocycles. The van der Waals surface area contributed by atoms with E-state index >= 15 is 0 Å². The van der Waals surface area contributed by atoms with Gasteiger partial charge >= 0.3 is 0 Å². The number of benzene rings is 2. The lowest BCUT2D eigenvalue weighted by molar-refractivity contribution is -0.134. The van der Waals surface area contributed by atoms with E-state index in [0.29, 0.717) is 59.6 Å². The number of aromatic nitrogens is 2. The van der Waals surface area contributed by atoms with Gasteiger partial charge in [-0.2, -0.15) is 4.98 Å². The standard InChI is InChI=1S/C42H56N10O5/c1-6-34-41(56)48(4)35-26-43-42(46-38(35)52(34)27(2)3)44-33-13-9-30(25-36(33)57-5)39(54)47-51-19-16-28(17-20-51)15-18-49-21-23-50(24-22-49)31-10-7-29(8-11-31)32-12-14-37(53)45-40(32)55/h7-11,13,25-28,32,34H,6,12,14-24H2,1-5H3,(H,47,54)(H,43,44,46)(H,45,53,55)/t32?,34-/m1/s1. The Hall–Kier alpha value is -5.28. The number of nitrogens with zero attached hydrogens (tertiary/aromatic N) is 7. The Morgan fingerprint density at radius 3 is 2.39 bits per heavy atom. The van der Waals surface area contributed by atoms with Crippen molar-refractivity contribution in [3.8, 4) is 5.75 Å². The van der Waals surface area contributed by atoms with Crippen LogP contribution >= 0.6 is 0 Å². The molecule has 4 amide bonds. The molecule has 15 nitrogen and oxygen atoms in total. The lowest BCUT2D eigenvalue weighted by atomic mass is 9.90. The summed E-state index contributed by atoms with van der Waals surface area (Å²) in [6.45, 7) is 12.7. The number of rotatable bonds is 12. The molecule has 7 rings (SSSR count). The first-order chi connectivity index (χ1) is 27.5. The van der Waals surface area contributed by atoms with Gasteiger partial charge in [0.05, 0.1) is 24.9 Å². The molecule has 1 aromatic heterocycles. The minimum Gasteiger partial charge on any atom is -0.495 e. The summed E-state index contributed by atoms with van der Waals surface area (Å²) in [5.74, 6) is 1.38. The average molecular weight is 781 g/mol. The van der Waals surface area contributed by atoms with E-state index in [1.807, 2.05) is 24.1 Å². The molecule has 4 aliphatic rings. The minimum atomic E-state index is -0.302. The van der Waals surface area contributed by atoms with Crippen molar-refractivity contribution in [2.75, 3.05) is 80.0 Å². The maximum atomic E-state index is 13.4. The summed E-state index contributed by atoms with van der Waals surface area (Å²) in [5, 5.41) is 7.74. The zero-order valence-electron chi connectivity index (χ0n) is 33.8. The number of carbonyl (C=O) groups excluding carboxylic acids is 4. The third-order valence-corrected chi connectivity index (χ3v) is 12.0. The molecule has 4 aliphatic heterocycles. The number of hydrazine groups is 1.